The molecule has 0 nitrogen and oxygen atoms in total. The molecule has 6 atom stereocenters. The Balaban J connectivity index is 1.27. The van der Waals surface area contributed by atoms with Crippen molar-refractivity contribution in [3.8, 4) is 0 Å². The molecule has 0 aromatic heterocycles. The second-order valence-corrected chi connectivity index (χ2v) is 13.8. The predicted molar refractivity (Wildman–Crippen MR) is 91.6 cm³/mol. The summed E-state index contributed by atoms with van der Waals surface area (Å²) >= 11 is -0.0861. The van der Waals surface area contributed by atoms with Crippen molar-refractivity contribution >= 4 is 21.1 Å². The first-order valence-corrected chi connectivity index (χ1v) is 13.6. The standard InChI is InChI=1S/2C10H17.Sn/c2*1-7-4-5-8-6-9(7)10(8,2)3;/h2*7-9H,1,4-6H2,2-3H3;. The molecule has 4 bridgehead atoms. The van der Waals surface area contributed by atoms with E-state index in [1.54, 1.807) is 47.4 Å². The first-order chi connectivity index (χ1) is 9.90. The van der Waals surface area contributed by atoms with Crippen molar-refractivity contribution in [3.63, 3.8) is 0 Å². The predicted octanol–water partition coefficient (Wildman–Crippen LogP) is 5.67. The van der Waals surface area contributed by atoms with E-state index in [1.165, 1.54) is 0 Å². The number of fused-ring (bicyclic) bond motifs is 4. The Bertz CT molecular complexity index is 368. The van der Waals surface area contributed by atoms with E-state index in [9.17, 15) is 0 Å². The molecule has 6 fully saturated rings. The van der Waals surface area contributed by atoms with Gasteiger partial charge >= 0.3 is 143 Å². The molecule has 0 aromatic carbocycles. The van der Waals surface area contributed by atoms with E-state index >= 15 is 0 Å². The zero-order valence-corrected chi connectivity index (χ0v) is 17.5. The van der Waals surface area contributed by atoms with E-state index in [4.69, 9.17) is 0 Å². The number of hydrogen-bond donors (Lipinski definition) is 0. The molecular weight excluding hydrogens is 359 g/mol. The van der Waals surface area contributed by atoms with E-state index in [1.807, 2.05) is 0 Å². The topological polar surface area (TPSA) is 0 Å². The molecule has 0 aromatic rings. The molecule has 6 saturated carbocycles. The van der Waals surface area contributed by atoms with Gasteiger partial charge in [-0.05, 0) is 0 Å². The first kappa shape index (κ1) is 15.3. The van der Waals surface area contributed by atoms with Crippen LogP contribution in [0.15, 0.2) is 0 Å². The Morgan fingerprint density at radius 2 is 1.14 bits per heavy atom. The molecule has 0 saturated heterocycles. The summed E-state index contributed by atoms with van der Waals surface area (Å²) < 4.78 is 3.44. The monoisotopic (exact) mass is 394 g/mol. The fraction of sp³-hybridized carbons (Fsp3) is 1.00. The molecule has 21 heavy (non-hydrogen) atoms. The van der Waals surface area contributed by atoms with Crippen LogP contribution in [-0.2, 0) is 0 Å². The Labute approximate surface area is 142 Å². The fourth-order valence-electron chi connectivity index (χ4n) is 6.87. The minimum absolute atomic E-state index is 0.0861. The van der Waals surface area contributed by atoms with Crippen LogP contribution in [0.2, 0.25) is 8.87 Å². The van der Waals surface area contributed by atoms with Gasteiger partial charge in [0.25, 0.3) is 0 Å². The van der Waals surface area contributed by atoms with Gasteiger partial charge in [0.05, 0.1) is 0 Å². The van der Waals surface area contributed by atoms with Crippen LogP contribution in [0.1, 0.15) is 66.2 Å². The zero-order valence-electron chi connectivity index (χ0n) is 14.6. The van der Waals surface area contributed by atoms with Crippen LogP contribution in [-0.4, -0.2) is 21.1 Å². The van der Waals surface area contributed by atoms with Crippen LogP contribution in [0, 0.1) is 46.3 Å². The van der Waals surface area contributed by atoms with Crippen LogP contribution in [0.5, 0.6) is 0 Å². The summed E-state index contributed by atoms with van der Waals surface area (Å²) in [6.45, 7) is 10.3. The molecule has 118 valence electrons. The quantitative estimate of drug-likeness (QED) is 0.540. The minimum atomic E-state index is -0.0861. The van der Waals surface area contributed by atoms with E-state index in [2.05, 4.69) is 27.7 Å². The van der Waals surface area contributed by atoms with Crippen LogP contribution in [0.4, 0.5) is 0 Å². The van der Waals surface area contributed by atoms with E-state index in [0.717, 1.165) is 46.3 Å². The second kappa shape index (κ2) is 5.15. The van der Waals surface area contributed by atoms with Crippen molar-refractivity contribution in [2.75, 3.05) is 0 Å². The molecule has 6 aliphatic carbocycles. The second-order valence-electron chi connectivity index (χ2n) is 10.1. The van der Waals surface area contributed by atoms with Crippen LogP contribution in [0.25, 0.3) is 0 Å². The zero-order chi connectivity index (χ0) is 14.8. The van der Waals surface area contributed by atoms with Gasteiger partial charge < -0.3 is 0 Å². The van der Waals surface area contributed by atoms with Gasteiger partial charge in [-0.25, -0.2) is 0 Å². The average molecular weight is 393 g/mol. The van der Waals surface area contributed by atoms with Gasteiger partial charge in [0.1, 0.15) is 0 Å². The Morgan fingerprint density at radius 1 is 0.714 bits per heavy atom. The molecule has 2 radical (unpaired) electrons. The maximum atomic E-state index is 2.57. The van der Waals surface area contributed by atoms with Gasteiger partial charge in [-0.2, -0.15) is 0 Å². The molecule has 0 N–H and O–H groups in total. The number of hydrogen-bond acceptors (Lipinski definition) is 0. The summed E-state index contributed by atoms with van der Waals surface area (Å²) in [6.07, 6.45) is 9.51. The van der Waals surface area contributed by atoms with Gasteiger partial charge in [0.2, 0.25) is 0 Å². The molecule has 6 unspecified atom stereocenters. The third-order valence-electron chi connectivity index (χ3n) is 8.82. The summed E-state index contributed by atoms with van der Waals surface area (Å²) in [5.74, 6) is 6.73. The summed E-state index contributed by atoms with van der Waals surface area (Å²) in [4.78, 5) is 0. The van der Waals surface area contributed by atoms with Gasteiger partial charge in [-0.1, -0.05) is 0 Å². The molecule has 1 heteroatoms. The molecule has 0 aliphatic heterocycles. The summed E-state index contributed by atoms with van der Waals surface area (Å²) in [5, 5.41) is 0. The van der Waals surface area contributed by atoms with Gasteiger partial charge in [-0.15, -0.1) is 0 Å². The first-order valence-electron chi connectivity index (χ1n) is 9.61. The van der Waals surface area contributed by atoms with E-state index in [-0.39, 0.29) is 21.1 Å². The third-order valence-corrected chi connectivity index (χ3v) is 13.5. The van der Waals surface area contributed by atoms with Crippen molar-refractivity contribution in [2.24, 2.45) is 46.3 Å². The SMILES string of the molecule is CC1(C)C2CCC([CH2][Sn][CH2]C3CCC4CC3C4(C)C)C1C2. The molecule has 6 rings (SSSR count). The number of rotatable bonds is 4. The van der Waals surface area contributed by atoms with Crippen molar-refractivity contribution in [1.29, 1.82) is 0 Å². The van der Waals surface area contributed by atoms with Gasteiger partial charge in [0.15, 0.2) is 0 Å². The average Bonchev–Trinajstić information content (AvgIpc) is 2.47. The van der Waals surface area contributed by atoms with Crippen LogP contribution in [0.3, 0.4) is 0 Å². The van der Waals surface area contributed by atoms with E-state index < -0.39 is 0 Å². The normalized spacial score (nSPS) is 49.1. The van der Waals surface area contributed by atoms with Crippen molar-refractivity contribution in [3.05, 3.63) is 0 Å². The fourth-order valence-corrected chi connectivity index (χ4v) is 12.2. The molecular formula is C20H34Sn. The molecule has 0 heterocycles. The molecule has 0 amide bonds. The van der Waals surface area contributed by atoms with Crippen LogP contribution < -0.4 is 0 Å². The van der Waals surface area contributed by atoms with Crippen molar-refractivity contribution in [1.82, 2.24) is 0 Å². The summed E-state index contributed by atoms with van der Waals surface area (Å²) in [5.41, 5.74) is 1.44. The van der Waals surface area contributed by atoms with E-state index in [0.29, 0.717) is 0 Å². The maximum absolute atomic E-state index is 2.57. The Kier molecular flexibility index (Phi) is 3.76. The van der Waals surface area contributed by atoms with Gasteiger partial charge in [-0.3, -0.25) is 0 Å². The summed E-state index contributed by atoms with van der Waals surface area (Å²) in [7, 11) is 0. The molecule has 6 aliphatic rings. The summed E-state index contributed by atoms with van der Waals surface area (Å²) in [6, 6.07) is 0. The van der Waals surface area contributed by atoms with Crippen molar-refractivity contribution < 1.29 is 0 Å². The molecule has 0 spiro atoms. The third kappa shape index (κ3) is 2.28. The van der Waals surface area contributed by atoms with Crippen LogP contribution >= 0.6 is 0 Å². The van der Waals surface area contributed by atoms with Crippen molar-refractivity contribution in [2.45, 2.75) is 75.1 Å². The van der Waals surface area contributed by atoms with Gasteiger partial charge in [0, 0.05) is 0 Å². The Morgan fingerprint density at radius 3 is 1.48 bits per heavy atom. The Hall–Kier alpha value is 0.799.